The number of carbonyl (C=O) groups is 2. The van der Waals surface area contributed by atoms with Crippen molar-refractivity contribution in [3.63, 3.8) is 0 Å². The van der Waals surface area contributed by atoms with Crippen molar-refractivity contribution < 1.29 is 23.5 Å². The predicted molar refractivity (Wildman–Crippen MR) is 87.7 cm³/mol. The zero-order chi connectivity index (χ0) is 17.7. The molecule has 1 heterocycles. The smallest absolute Gasteiger partial charge is 0.407 e. The summed E-state index contributed by atoms with van der Waals surface area (Å²) in [5.74, 6) is -0.0668. The van der Waals surface area contributed by atoms with Crippen molar-refractivity contribution in [1.29, 1.82) is 0 Å². The number of benzene rings is 1. The van der Waals surface area contributed by atoms with Gasteiger partial charge in [-0.15, -0.1) is 0 Å². The Kier molecular flexibility index (Phi) is 5.64. The number of nitrogens with zero attached hydrogens (tertiary/aromatic N) is 1. The Labute approximate surface area is 140 Å². The van der Waals surface area contributed by atoms with Crippen molar-refractivity contribution in [2.75, 3.05) is 24.6 Å². The molecule has 1 aromatic carbocycles. The van der Waals surface area contributed by atoms with Gasteiger partial charge in [-0.3, -0.25) is 4.79 Å². The third-order valence-electron chi connectivity index (χ3n) is 3.31. The van der Waals surface area contributed by atoms with E-state index in [1.807, 2.05) is 0 Å². The maximum atomic E-state index is 13.5. The van der Waals surface area contributed by atoms with Crippen LogP contribution in [0.1, 0.15) is 33.6 Å². The van der Waals surface area contributed by atoms with Gasteiger partial charge in [-0.05, 0) is 39.3 Å². The van der Waals surface area contributed by atoms with E-state index in [-0.39, 0.29) is 18.9 Å². The minimum atomic E-state index is -0.557. The highest BCUT2D eigenvalue weighted by molar-refractivity contribution is 5.95. The number of rotatable bonds is 4. The summed E-state index contributed by atoms with van der Waals surface area (Å²) < 4.78 is 24.1. The minimum absolute atomic E-state index is 0.128. The van der Waals surface area contributed by atoms with Gasteiger partial charge in [0.1, 0.15) is 17.2 Å². The number of alkyl carbamates (subject to hydrolysis) is 1. The lowest BCUT2D eigenvalue weighted by atomic mass is 10.2. The predicted octanol–water partition coefficient (Wildman–Crippen LogP) is 2.86. The number of amides is 2. The highest BCUT2D eigenvalue weighted by atomic mass is 19.1. The van der Waals surface area contributed by atoms with Crippen LogP contribution in [0.2, 0.25) is 0 Å². The number of ether oxygens (including phenoxy) is 2. The van der Waals surface area contributed by atoms with Crippen LogP contribution in [0.25, 0.3) is 0 Å². The molecule has 0 radical (unpaired) electrons. The monoisotopic (exact) mass is 338 g/mol. The number of carbonyl (C=O) groups excluding carboxylic acids is 2. The number of nitrogens with one attached hydrogen (secondary N) is 1. The van der Waals surface area contributed by atoms with Crippen molar-refractivity contribution in [3.05, 3.63) is 24.0 Å². The largest absolute Gasteiger partial charge is 0.491 e. The molecule has 0 fully saturated rings. The van der Waals surface area contributed by atoms with Gasteiger partial charge in [-0.25, -0.2) is 9.18 Å². The molecule has 1 aliphatic heterocycles. The molecular formula is C17H23FN2O4. The van der Waals surface area contributed by atoms with Crippen LogP contribution in [0.5, 0.6) is 5.75 Å². The van der Waals surface area contributed by atoms with Gasteiger partial charge in [0.2, 0.25) is 5.91 Å². The van der Waals surface area contributed by atoms with Crippen molar-refractivity contribution in [1.82, 2.24) is 5.32 Å². The quantitative estimate of drug-likeness (QED) is 0.857. The summed E-state index contributed by atoms with van der Waals surface area (Å²) in [7, 11) is 0. The highest BCUT2D eigenvalue weighted by Gasteiger charge is 2.23. The van der Waals surface area contributed by atoms with E-state index < -0.39 is 17.5 Å². The molecule has 132 valence electrons. The molecule has 2 amide bonds. The van der Waals surface area contributed by atoms with Crippen molar-refractivity contribution in [2.24, 2.45) is 0 Å². The van der Waals surface area contributed by atoms with E-state index in [1.54, 1.807) is 20.8 Å². The molecule has 0 spiro atoms. The third-order valence-corrected chi connectivity index (χ3v) is 3.31. The molecule has 0 bridgehead atoms. The molecule has 1 aliphatic rings. The van der Waals surface area contributed by atoms with E-state index >= 15 is 0 Å². The fraction of sp³-hybridized carbons (Fsp3) is 0.529. The number of anilines is 1. The van der Waals surface area contributed by atoms with Gasteiger partial charge >= 0.3 is 6.09 Å². The van der Waals surface area contributed by atoms with Gasteiger partial charge in [0.15, 0.2) is 0 Å². The van der Waals surface area contributed by atoms with Crippen molar-refractivity contribution in [3.8, 4) is 5.75 Å². The molecule has 24 heavy (non-hydrogen) atoms. The van der Waals surface area contributed by atoms with Crippen LogP contribution in [-0.2, 0) is 9.53 Å². The van der Waals surface area contributed by atoms with Crippen molar-refractivity contribution >= 4 is 17.7 Å². The van der Waals surface area contributed by atoms with Gasteiger partial charge < -0.3 is 19.7 Å². The molecule has 0 aromatic heterocycles. The second-order valence-corrected chi connectivity index (χ2v) is 6.54. The Hall–Kier alpha value is -2.31. The summed E-state index contributed by atoms with van der Waals surface area (Å²) in [6.45, 7) is 6.33. The first kappa shape index (κ1) is 18.0. The second kappa shape index (κ2) is 7.51. The summed E-state index contributed by atoms with van der Waals surface area (Å²) in [5.41, 5.74) is -0.131. The number of hydrogen-bond acceptors (Lipinski definition) is 4. The van der Waals surface area contributed by atoms with Crippen LogP contribution < -0.4 is 15.0 Å². The van der Waals surface area contributed by atoms with Gasteiger partial charge in [0.05, 0.1) is 18.7 Å². The molecule has 6 nitrogen and oxygen atoms in total. The fourth-order valence-electron chi connectivity index (χ4n) is 2.33. The number of hydrogen-bond donors (Lipinski definition) is 1. The first-order valence-corrected chi connectivity index (χ1v) is 7.96. The lowest BCUT2D eigenvalue weighted by Gasteiger charge is -2.22. The average Bonchev–Trinajstić information content (AvgIpc) is 2.61. The Balaban J connectivity index is 1.93. The van der Waals surface area contributed by atoms with Crippen LogP contribution in [0.3, 0.4) is 0 Å². The summed E-state index contributed by atoms with van der Waals surface area (Å²) in [6, 6.07) is 4.12. The molecule has 1 aromatic rings. The zero-order valence-corrected chi connectivity index (χ0v) is 14.2. The first-order valence-electron chi connectivity index (χ1n) is 7.96. The van der Waals surface area contributed by atoms with Crippen LogP contribution in [0, 0.1) is 5.82 Å². The van der Waals surface area contributed by atoms with Crippen LogP contribution >= 0.6 is 0 Å². The van der Waals surface area contributed by atoms with E-state index in [1.165, 1.54) is 23.1 Å². The molecule has 2 rings (SSSR count). The summed E-state index contributed by atoms with van der Waals surface area (Å²) >= 11 is 0. The van der Waals surface area contributed by atoms with E-state index in [4.69, 9.17) is 9.47 Å². The number of fused-ring (bicyclic) bond motifs is 1. The van der Waals surface area contributed by atoms with Crippen LogP contribution in [0.15, 0.2) is 18.2 Å². The fourth-order valence-corrected chi connectivity index (χ4v) is 2.33. The van der Waals surface area contributed by atoms with E-state index in [9.17, 15) is 14.0 Å². The maximum Gasteiger partial charge on any atom is 0.407 e. The standard InChI is InChI=1S/C17H23FN2O4/c1-17(2,3)24-16(22)19-8-4-9-20-13-11-12(18)5-6-14(13)23-10-7-15(20)21/h5-6,11H,4,7-10H2,1-3H3,(H,19,22). The normalized spacial score (nSPS) is 14.5. The van der Waals surface area contributed by atoms with E-state index in [0.29, 0.717) is 30.9 Å². The zero-order valence-electron chi connectivity index (χ0n) is 14.2. The molecule has 0 unspecified atom stereocenters. The minimum Gasteiger partial charge on any atom is -0.491 e. The third kappa shape index (κ3) is 5.11. The molecule has 7 heteroatoms. The highest BCUT2D eigenvalue weighted by Crippen LogP contribution is 2.32. The Bertz CT molecular complexity index is 613. The summed E-state index contributed by atoms with van der Waals surface area (Å²) in [5, 5.41) is 2.64. The van der Waals surface area contributed by atoms with Gasteiger partial charge in [0.25, 0.3) is 0 Å². The Morgan fingerprint density at radius 1 is 1.42 bits per heavy atom. The second-order valence-electron chi connectivity index (χ2n) is 6.54. The molecule has 0 aliphatic carbocycles. The SMILES string of the molecule is CC(C)(C)OC(=O)NCCCN1C(=O)CCOc2ccc(F)cc21. The van der Waals surface area contributed by atoms with E-state index in [0.717, 1.165) is 0 Å². The van der Waals surface area contributed by atoms with Gasteiger partial charge in [0, 0.05) is 19.2 Å². The van der Waals surface area contributed by atoms with Crippen LogP contribution in [0.4, 0.5) is 14.9 Å². The lowest BCUT2D eigenvalue weighted by molar-refractivity contribution is -0.118. The average molecular weight is 338 g/mol. The first-order chi connectivity index (χ1) is 11.3. The number of halogens is 1. The topological polar surface area (TPSA) is 67.9 Å². The summed E-state index contributed by atoms with van der Waals surface area (Å²) in [6.07, 6.45) is 0.246. The summed E-state index contributed by atoms with van der Waals surface area (Å²) in [4.78, 5) is 25.3. The molecule has 0 atom stereocenters. The van der Waals surface area contributed by atoms with E-state index in [2.05, 4.69) is 5.32 Å². The van der Waals surface area contributed by atoms with Crippen molar-refractivity contribution in [2.45, 2.75) is 39.2 Å². The Morgan fingerprint density at radius 3 is 2.88 bits per heavy atom. The molecular weight excluding hydrogens is 315 g/mol. The maximum absolute atomic E-state index is 13.5. The Morgan fingerprint density at radius 2 is 2.17 bits per heavy atom. The lowest BCUT2D eigenvalue weighted by Crippen LogP contribution is -2.36. The molecule has 0 saturated heterocycles. The molecule has 0 saturated carbocycles. The van der Waals surface area contributed by atoms with Gasteiger partial charge in [-0.1, -0.05) is 0 Å². The molecule has 1 N–H and O–H groups in total. The van der Waals surface area contributed by atoms with Crippen LogP contribution in [-0.4, -0.2) is 37.3 Å². The van der Waals surface area contributed by atoms with Gasteiger partial charge in [-0.2, -0.15) is 0 Å².